The predicted molar refractivity (Wildman–Crippen MR) is 120 cm³/mol. The molecule has 0 aliphatic rings. The number of rotatable bonds is 9. The van der Waals surface area contributed by atoms with E-state index >= 15 is 0 Å². The minimum absolute atomic E-state index is 0.000955. The molecule has 0 spiro atoms. The van der Waals surface area contributed by atoms with Gasteiger partial charge in [0.05, 0.1) is 26.7 Å². The van der Waals surface area contributed by atoms with Crippen LogP contribution < -0.4 is 14.8 Å². The van der Waals surface area contributed by atoms with E-state index < -0.39 is 0 Å². The SMILES string of the molecule is CCc1cc(OC)c(OC)cc1[C@H](Cc1ccccc1)NC(=O)Cc1ccccc1. The molecule has 0 unspecified atom stereocenters. The standard InChI is InChI=1S/C26H29NO3/c1-4-21-17-24(29-2)25(30-3)18-22(21)23(15-19-11-7-5-8-12-19)27-26(28)16-20-13-9-6-10-14-20/h5-14,17-18,23H,4,15-16H2,1-3H3,(H,27,28)/t23-/m0/s1. The number of carbonyl (C=O) groups is 1. The number of aryl methyl sites for hydroxylation is 1. The third-order valence-electron chi connectivity index (χ3n) is 5.23. The van der Waals surface area contributed by atoms with E-state index in [9.17, 15) is 4.79 Å². The lowest BCUT2D eigenvalue weighted by atomic mass is 9.92. The Labute approximate surface area is 178 Å². The second-order valence-electron chi connectivity index (χ2n) is 7.23. The molecular formula is C26H29NO3. The van der Waals surface area contributed by atoms with E-state index in [1.54, 1.807) is 14.2 Å². The monoisotopic (exact) mass is 403 g/mol. The Kier molecular flexibility index (Phi) is 7.50. The first-order valence-corrected chi connectivity index (χ1v) is 10.3. The Balaban J connectivity index is 1.93. The van der Waals surface area contributed by atoms with Crippen LogP contribution in [-0.4, -0.2) is 20.1 Å². The molecule has 0 radical (unpaired) electrons. The van der Waals surface area contributed by atoms with Crippen molar-refractivity contribution in [3.8, 4) is 11.5 Å². The molecule has 4 nitrogen and oxygen atoms in total. The van der Waals surface area contributed by atoms with Crippen molar-refractivity contribution in [2.75, 3.05) is 14.2 Å². The number of hydrogen-bond acceptors (Lipinski definition) is 3. The molecule has 3 aromatic carbocycles. The van der Waals surface area contributed by atoms with Crippen molar-refractivity contribution in [2.45, 2.75) is 32.2 Å². The quantitative estimate of drug-likeness (QED) is 0.552. The average Bonchev–Trinajstić information content (AvgIpc) is 2.79. The highest BCUT2D eigenvalue weighted by atomic mass is 16.5. The van der Waals surface area contributed by atoms with E-state index in [1.165, 1.54) is 5.56 Å². The van der Waals surface area contributed by atoms with Gasteiger partial charge in [0.1, 0.15) is 0 Å². The maximum absolute atomic E-state index is 12.9. The minimum atomic E-state index is -0.168. The van der Waals surface area contributed by atoms with Gasteiger partial charge in [-0.3, -0.25) is 4.79 Å². The summed E-state index contributed by atoms with van der Waals surface area (Å²) in [5.41, 5.74) is 4.35. The number of carbonyl (C=O) groups excluding carboxylic acids is 1. The molecule has 0 saturated heterocycles. The topological polar surface area (TPSA) is 47.6 Å². The van der Waals surface area contributed by atoms with E-state index in [2.05, 4.69) is 24.4 Å². The molecule has 4 heteroatoms. The van der Waals surface area contributed by atoms with Crippen molar-refractivity contribution >= 4 is 5.91 Å². The summed E-state index contributed by atoms with van der Waals surface area (Å²) in [6.07, 6.45) is 1.88. The molecule has 0 aromatic heterocycles. The van der Waals surface area contributed by atoms with Crippen molar-refractivity contribution in [1.82, 2.24) is 5.32 Å². The maximum atomic E-state index is 12.9. The minimum Gasteiger partial charge on any atom is -0.493 e. The van der Waals surface area contributed by atoms with Crippen LogP contribution in [0.15, 0.2) is 72.8 Å². The van der Waals surface area contributed by atoms with Crippen LogP contribution >= 0.6 is 0 Å². The molecule has 1 amide bonds. The fourth-order valence-corrected chi connectivity index (χ4v) is 3.68. The van der Waals surface area contributed by atoms with Gasteiger partial charge in [-0.15, -0.1) is 0 Å². The van der Waals surface area contributed by atoms with Gasteiger partial charge >= 0.3 is 0 Å². The highest BCUT2D eigenvalue weighted by molar-refractivity contribution is 5.79. The van der Waals surface area contributed by atoms with Crippen LogP contribution in [0.4, 0.5) is 0 Å². The number of amides is 1. The van der Waals surface area contributed by atoms with Gasteiger partial charge in [-0.2, -0.15) is 0 Å². The molecule has 156 valence electrons. The number of ether oxygens (including phenoxy) is 2. The van der Waals surface area contributed by atoms with E-state index in [4.69, 9.17) is 9.47 Å². The first-order chi connectivity index (χ1) is 14.6. The van der Waals surface area contributed by atoms with Crippen molar-refractivity contribution in [2.24, 2.45) is 0 Å². The van der Waals surface area contributed by atoms with Crippen LogP contribution in [0.2, 0.25) is 0 Å². The Bertz CT molecular complexity index is 955. The Hall–Kier alpha value is -3.27. The molecule has 3 aromatic rings. The van der Waals surface area contributed by atoms with Gasteiger partial charge in [-0.05, 0) is 47.2 Å². The largest absolute Gasteiger partial charge is 0.493 e. The molecule has 0 saturated carbocycles. The zero-order valence-corrected chi connectivity index (χ0v) is 17.9. The van der Waals surface area contributed by atoms with Gasteiger partial charge in [0.2, 0.25) is 5.91 Å². The predicted octanol–water partition coefficient (Wildman–Crippen LogP) is 4.91. The zero-order chi connectivity index (χ0) is 21.3. The smallest absolute Gasteiger partial charge is 0.224 e. The average molecular weight is 404 g/mol. The zero-order valence-electron chi connectivity index (χ0n) is 17.9. The number of nitrogens with one attached hydrogen (secondary N) is 1. The summed E-state index contributed by atoms with van der Waals surface area (Å²) in [5.74, 6) is 1.37. The van der Waals surface area contributed by atoms with Crippen LogP contribution in [0.25, 0.3) is 0 Å². The van der Waals surface area contributed by atoms with Crippen LogP contribution in [0.3, 0.4) is 0 Å². The third kappa shape index (κ3) is 5.41. The lowest BCUT2D eigenvalue weighted by Gasteiger charge is -2.24. The summed E-state index contributed by atoms with van der Waals surface area (Å²) in [6.45, 7) is 2.11. The molecule has 0 bridgehead atoms. The number of hydrogen-bond donors (Lipinski definition) is 1. The summed E-state index contributed by atoms with van der Waals surface area (Å²) >= 11 is 0. The lowest BCUT2D eigenvalue weighted by Crippen LogP contribution is -2.32. The number of methoxy groups -OCH3 is 2. The number of benzene rings is 3. The Morgan fingerprint density at radius 1 is 0.867 bits per heavy atom. The summed E-state index contributed by atoms with van der Waals surface area (Å²) in [6, 6.07) is 23.9. The van der Waals surface area contributed by atoms with E-state index in [1.807, 2.05) is 60.7 Å². The van der Waals surface area contributed by atoms with Gasteiger partial charge < -0.3 is 14.8 Å². The second-order valence-corrected chi connectivity index (χ2v) is 7.23. The highest BCUT2D eigenvalue weighted by Crippen LogP contribution is 2.34. The first-order valence-electron chi connectivity index (χ1n) is 10.3. The van der Waals surface area contributed by atoms with Crippen molar-refractivity contribution in [3.05, 3.63) is 95.1 Å². The van der Waals surface area contributed by atoms with Gasteiger partial charge in [0.15, 0.2) is 11.5 Å². The van der Waals surface area contributed by atoms with Crippen LogP contribution in [0.5, 0.6) is 11.5 Å². The fourth-order valence-electron chi connectivity index (χ4n) is 3.68. The lowest BCUT2D eigenvalue weighted by molar-refractivity contribution is -0.121. The molecular weight excluding hydrogens is 374 g/mol. The van der Waals surface area contributed by atoms with Crippen molar-refractivity contribution in [1.29, 1.82) is 0 Å². The first kappa shape index (κ1) is 21.4. The fraction of sp³-hybridized carbons (Fsp3) is 0.269. The Morgan fingerprint density at radius 2 is 1.43 bits per heavy atom. The van der Waals surface area contributed by atoms with E-state index in [0.717, 1.165) is 23.1 Å². The highest BCUT2D eigenvalue weighted by Gasteiger charge is 2.21. The van der Waals surface area contributed by atoms with Crippen LogP contribution in [-0.2, 0) is 24.1 Å². The van der Waals surface area contributed by atoms with Crippen molar-refractivity contribution < 1.29 is 14.3 Å². The Morgan fingerprint density at radius 3 is 2.00 bits per heavy atom. The van der Waals surface area contributed by atoms with E-state index in [0.29, 0.717) is 24.3 Å². The van der Waals surface area contributed by atoms with Crippen LogP contribution in [0.1, 0.15) is 35.2 Å². The van der Waals surface area contributed by atoms with E-state index in [-0.39, 0.29) is 11.9 Å². The summed E-state index contributed by atoms with van der Waals surface area (Å²) in [4.78, 5) is 12.9. The third-order valence-corrected chi connectivity index (χ3v) is 5.23. The van der Waals surface area contributed by atoms with Crippen LogP contribution in [0, 0.1) is 0 Å². The van der Waals surface area contributed by atoms with Gasteiger partial charge in [-0.1, -0.05) is 67.6 Å². The van der Waals surface area contributed by atoms with Crippen molar-refractivity contribution in [3.63, 3.8) is 0 Å². The van der Waals surface area contributed by atoms with Gasteiger partial charge in [-0.25, -0.2) is 0 Å². The molecule has 0 aliphatic carbocycles. The second kappa shape index (κ2) is 10.5. The summed E-state index contributed by atoms with van der Waals surface area (Å²) in [7, 11) is 3.27. The van der Waals surface area contributed by atoms with Gasteiger partial charge in [0, 0.05) is 0 Å². The summed E-state index contributed by atoms with van der Waals surface area (Å²) in [5, 5.41) is 3.26. The normalized spacial score (nSPS) is 11.6. The molecule has 0 heterocycles. The molecule has 30 heavy (non-hydrogen) atoms. The molecule has 1 atom stereocenters. The molecule has 0 aliphatic heterocycles. The maximum Gasteiger partial charge on any atom is 0.224 e. The molecule has 0 fully saturated rings. The molecule has 1 N–H and O–H groups in total. The van der Waals surface area contributed by atoms with Gasteiger partial charge in [0.25, 0.3) is 0 Å². The summed E-state index contributed by atoms with van der Waals surface area (Å²) < 4.78 is 11.0. The molecule has 3 rings (SSSR count).